The fraction of sp³-hybridized carbons (Fsp3) is 0.688. The first-order valence-corrected chi connectivity index (χ1v) is 10.7. The van der Waals surface area contributed by atoms with Crippen LogP contribution in [0, 0.1) is 5.92 Å². The number of ether oxygens (including phenoxy) is 1. The zero-order chi connectivity index (χ0) is 17.2. The lowest BCUT2D eigenvalue weighted by Gasteiger charge is -2.28. The van der Waals surface area contributed by atoms with Crippen molar-refractivity contribution in [3.8, 4) is 0 Å². The third kappa shape index (κ3) is 3.99. The molecule has 1 aromatic heterocycles. The quantitative estimate of drug-likeness (QED) is 0.859. The molecule has 0 bridgehead atoms. The molecule has 8 heteroatoms. The molecule has 6 nitrogen and oxygen atoms in total. The van der Waals surface area contributed by atoms with Crippen LogP contribution in [0.15, 0.2) is 16.3 Å². The van der Waals surface area contributed by atoms with E-state index in [0.29, 0.717) is 30.4 Å². The summed E-state index contributed by atoms with van der Waals surface area (Å²) in [5.41, 5.74) is 0. The summed E-state index contributed by atoms with van der Waals surface area (Å²) in [6.07, 6.45) is 3.83. The van der Waals surface area contributed by atoms with E-state index in [-0.39, 0.29) is 16.2 Å². The van der Waals surface area contributed by atoms with Crippen LogP contribution in [0.1, 0.15) is 42.3 Å². The smallest absolute Gasteiger partial charge is 0.261 e. The zero-order valence-corrected chi connectivity index (χ0v) is 15.5. The highest BCUT2D eigenvalue weighted by Crippen LogP contribution is 2.28. The van der Waals surface area contributed by atoms with Crippen LogP contribution in [0.5, 0.6) is 0 Å². The number of thiophene rings is 1. The molecule has 0 aliphatic carbocycles. The maximum absolute atomic E-state index is 12.7. The summed E-state index contributed by atoms with van der Waals surface area (Å²) in [7, 11) is -3.48. The molecule has 3 rings (SSSR count). The van der Waals surface area contributed by atoms with Crippen LogP contribution in [0.3, 0.4) is 0 Å². The average molecular weight is 373 g/mol. The van der Waals surface area contributed by atoms with Crippen molar-refractivity contribution in [1.82, 2.24) is 9.62 Å². The Morgan fingerprint density at radius 1 is 1.33 bits per heavy atom. The van der Waals surface area contributed by atoms with Crippen molar-refractivity contribution in [3.63, 3.8) is 0 Å². The van der Waals surface area contributed by atoms with Crippen LogP contribution in [0.2, 0.25) is 0 Å². The van der Waals surface area contributed by atoms with E-state index in [4.69, 9.17) is 4.74 Å². The molecule has 1 atom stereocenters. The predicted molar refractivity (Wildman–Crippen MR) is 92.8 cm³/mol. The topological polar surface area (TPSA) is 75.7 Å². The number of nitrogens with zero attached hydrogens (tertiary/aromatic N) is 1. The molecule has 134 valence electrons. The van der Waals surface area contributed by atoms with E-state index < -0.39 is 10.0 Å². The van der Waals surface area contributed by atoms with Gasteiger partial charge in [-0.3, -0.25) is 4.79 Å². The first kappa shape index (κ1) is 17.8. The van der Waals surface area contributed by atoms with Gasteiger partial charge in [0, 0.05) is 26.2 Å². The molecule has 0 saturated carbocycles. The minimum atomic E-state index is -3.48. The van der Waals surface area contributed by atoms with E-state index in [9.17, 15) is 13.2 Å². The van der Waals surface area contributed by atoms with Crippen molar-refractivity contribution in [2.45, 2.75) is 42.9 Å². The second kappa shape index (κ2) is 7.51. The van der Waals surface area contributed by atoms with Gasteiger partial charge in [0.05, 0.1) is 11.0 Å². The molecule has 2 saturated heterocycles. The van der Waals surface area contributed by atoms with E-state index in [0.717, 1.165) is 43.6 Å². The molecule has 0 radical (unpaired) electrons. The average Bonchev–Trinajstić information content (AvgIpc) is 3.25. The van der Waals surface area contributed by atoms with Crippen molar-refractivity contribution < 1.29 is 17.9 Å². The van der Waals surface area contributed by atoms with Crippen LogP contribution >= 0.6 is 11.3 Å². The molecule has 1 amide bonds. The fourth-order valence-corrected chi connectivity index (χ4v) is 5.88. The number of hydrogen-bond acceptors (Lipinski definition) is 5. The summed E-state index contributed by atoms with van der Waals surface area (Å²) in [5, 5.41) is 2.83. The van der Waals surface area contributed by atoms with E-state index in [1.54, 1.807) is 12.1 Å². The van der Waals surface area contributed by atoms with Crippen molar-refractivity contribution in [2.75, 3.05) is 26.2 Å². The van der Waals surface area contributed by atoms with Gasteiger partial charge in [-0.05, 0) is 43.7 Å². The van der Waals surface area contributed by atoms with Crippen LogP contribution < -0.4 is 5.32 Å². The van der Waals surface area contributed by atoms with Gasteiger partial charge in [-0.15, -0.1) is 11.3 Å². The van der Waals surface area contributed by atoms with Crippen LogP contribution in [-0.2, 0) is 14.8 Å². The summed E-state index contributed by atoms with van der Waals surface area (Å²) in [6.45, 7) is 4.48. The van der Waals surface area contributed by atoms with Gasteiger partial charge in [0.2, 0.25) is 0 Å². The number of nitrogens with one attached hydrogen (secondary N) is 1. The standard InChI is InChI=1S/C16H24N2O4S2/c1-12-6-8-18(9-7-12)24(20,21)15-5-4-14(23-15)16(19)17-11-13-3-2-10-22-13/h4-5,12-13H,2-3,6-11H2,1H3,(H,17,19)/t13-/m1/s1. The van der Waals surface area contributed by atoms with E-state index in [2.05, 4.69) is 12.2 Å². The number of carbonyl (C=O) groups excluding carboxylic acids is 1. The lowest BCUT2D eigenvalue weighted by molar-refractivity contribution is 0.0861. The van der Waals surface area contributed by atoms with Crippen molar-refractivity contribution in [3.05, 3.63) is 17.0 Å². The van der Waals surface area contributed by atoms with Gasteiger partial charge in [0.1, 0.15) is 4.21 Å². The number of hydrogen-bond donors (Lipinski definition) is 1. The van der Waals surface area contributed by atoms with Crippen LogP contribution in [-0.4, -0.2) is 51.0 Å². The molecule has 1 aromatic rings. The Morgan fingerprint density at radius 2 is 2.08 bits per heavy atom. The normalized spacial score (nSPS) is 23.5. The third-order valence-electron chi connectivity index (χ3n) is 4.66. The van der Waals surface area contributed by atoms with Gasteiger partial charge in [-0.1, -0.05) is 6.92 Å². The van der Waals surface area contributed by atoms with E-state index in [1.165, 1.54) is 4.31 Å². The summed E-state index contributed by atoms with van der Waals surface area (Å²) in [6, 6.07) is 3.13. The fourth-order valence-electron chi connectivity index (χ4n) is 3.03. The molecule has 0 spiro atoms. The third-order valence-corrected chi connectivity index (χ3v) is 8.11. The first-order valence-electron chi connectivity index (χ1n) is 8.46. The molecule has 1 N–H and O–H groups in total. The molecule has 24 heavy (non-hydrogen) atoms. The molecule has 0 aromatic carbocycles. The lowest BCUT2D eigenvalue weighted by Crippen LogP contribution is -2.37. The highest BCUT2D eigenvalue weighted by molar-refractivity contribution is 7.91. The Bertz CT molecular complexity index is 672. The second-order valence-electron chi connectivity index (χ2n) is 6.55. The molecular formula is C16H24N2O4S2. The van der Waals surface area contributed by atoms with E-state index in [1.807, 2.05) is 0 Å². The molecular weight excluding hydrogens is 348 g/mol. The summed E-state index contributed by atoms with van der Waals surface area (Å²) < 4.78 is 32.6. The van der Waals surface area contributed by atoms with Gasteiger partial charge < -0.3 is 10.1 Å². The number of rotatable bonds is 5. The Kier molecular flexibility index (Phi) is 5.59. The second-order valence-corrected chi connectivity index (χ2v) is 9.80. The van der Waals surface area contributed by atoms with Gasteiger partial charge in [0.15, 0.2) is 0 Å². The van der Waals surface area contributed by atoms with Gasteiger partial charge in [-0.25, -0.2) is 8.42 Å². The predicted octanol–water partition coefficient (Wildman–Crippen LogP) is 2.08. The van der Waals surface area contributed by atoms with Gasteiger partial charge in [0.25, 0.3) is 15.9 Å². The van der Waals surface area contributed by atoms with Crippen molar-refractivity contribution in [1.29, 1.82) is 0 Å². The number of sulfonamides is 1. The minimum absolute atomic E-state index is 0.0763. The van der Waals surface area contributed by atoms with Crippen LogP contribution in [0.4, 0.5) is 0 Å². The Hall–Kier alpha value is -0.960. The van der Waals surface area contributed by atoms with Crippen molar-refractivity contribution in [2.24, 2.45) is 5.92 Å². The minimum Gasteiger partial charge on any atom is -0.376 e. The Balaban J connectivity index is 1.62. The molecule has 0 unspecified atom stereocenters. The SMILES string of the molecule is CC1CCN(S(=O)(=O)c2ccc(C(=O)NC[C@H]3CCCO3)s2)CC1. The number of amides is 1. The zero-order valence-electron chi connectivity index (χ0n) is 13.9. The molecule has 2 fully saturated rings. The molecule has 3 heterocycles. The number of piperidine rings is 1. The maximum atomic E-state index is 12.7. The number of carbonyl (C=O) groups is 1. The van der Waals surface area contributed by atoms with Crippen molar-refractivity contribution >= 4 is 27.3 Å². The lowest BCUT2D eigenvalue weighted by atomic mass is 10.0. The summed E-state index contributed by atoms with van der Waals surface area (Å²) in [5.74, 6) is 0.336. The largest absolute Gasteiger partial charge is 0.376 e. The first-order chi connectivity index (χ1) is 11.5. The Labute approximate surface area is 147 Å². The van der Waals surface area contributed by atoms with Gasteiger partial charge in [-0.2, -0.15) is 4.31 Å². The summed E-state index contributed by atoms with van der Waals surface area (Å²) in [4.78, 5) is 12.6. The molecule has 2 aliphatic heterocycles. The summed E-state index contributed by atoms with van der Waals surface area (Å²) >= 11 is 1.04. The van der Waals surface area contributed by atoms with Gasteiger partial charge >= 0.3 is 0 Å². The highest BCUT2D eigenvalue weighted by Gasteiger charge is 2.30. The Morgan fingerprint density at radius 3 is 2.75 bits per heavy atom. The maximum Gasteiger partial charge on any atom is 0.261 e. The van der Waals surface area contributed by atoms with E-state index >= 15 is 0 Å². The highest BCUT2D eigenvalue weighted by atomic mass is 32.2. The van der Waals surface area contributed by atoms with Crippen LogP contribution in [0.25, 0.3) is 0 Å². The molecule has 2 aliphatic rings. The monoisotopic (exact) mass is 372 g/mol.